The molecule has 1 nitrogen and oxygen atoms in total. The average molecular weight is 284 g/mol. The number of thiol groups is 1. The molecule has 0 N–H and O–H groups in total. The van der Waals surface area contributed by atoms with Crippen molar-refractivity contribution in [1.82, 2.24) is 0 Å². The standard InChI is InChI=1S/C10H6BrNS2/c11-4-8-7-2-1-6(13)3-9(7)14-10(8)5-12/h1-3,13H,4H2. The molecule has 0 unspecified atom stereocenters. The number of hydrogen-bond donors (Lipinski definition) is 1. The average Bonchev–Trinajstić information content (AvgIpc) is 2.54. The van der Waals surface area contributed by atoms with E-state index in [0.717, 1.165) is 30.8 Å². The van der Waals surface area contributed by atoms with Crippen LogP contribution in [0.2, 0.25) is 0 Å². The van der Waals surface area contributed by atoms with Gasteiger partial charge in [-0.2, -0.15) is 5.26 Å². The number of rotatable bonds is 1. The van der Waals surface area contributed by atoms with Crippen LogP contribution in [0.25, 0.3) is 10.1 Å². The molecule has 0 fully saturated rings. The fourth-order valence-electron chi connectivity index (χ4n) is 1.36. The second-order valence-electron chi connectivity index (χ2n) is 2.84. The van der Waals surface area contributed by atoms with Gasteiger partial charge in [0.25, 0.3) is 0 Å². The van der Waals surface area contributed by atoms with Gasteiger partial charge in [-0.3, -0.25) is 0 Å². The lowest BCUT2D eigenvalue weighted by molar-refractivity contribution is 1.45. The van der Waals surface area contributed by atoms with Gasteiger partial charge in [0.05, 0.1) is 0 Å². The molecule has 0 aliphatic carbocycles. The second kappa shape index (κ2) is 3.93. The van der Waals surface area contributed by atoms with Gasteiger partial charge in [0.2, 0.25) is 0 Å². The second-order valence-corrected chi connectivity index (χ2v) is 4.96. The third-order valence-electron chi connectivity index (χ3n) is 2.01. The number of nitriles is 1. The number of halogens is 1. The Morgan fingerprint density at radius 3 is 2.93 bits per heavy atom. The van der Waals surface area contributed by atoms with E-state index in [9.17, 15) is 0 Å². The van der Waals surface area contributed by atoms with Gasteiger partial charge in [0.1, 0.15) is 10.9 Å². The molecule has 1 aromatic carbocycles. The summed E-state index contributed by atoms with van der Waals surface area (Å²) in [6, 6.07) is 8.18. The van der Waals surface area contributed by atoms with Crippen molar-refractivity contribution in [2.45, 2.75) is 10.2 Å². The predicted molar refractivity (Wildman–Crippen MR) is 66.4 cm³/mol. The molecule has 2 aromatic rings. The molecule has 0 aliphatic rings. The van der Waals surface area contributed by atoms with Gasteiger partial charge in [-0.05, 0) is 23.1 Å². The van der Waals surface area contributed by atoms with Crippen molar-refractivity contribution in [2.75, 3.05) is 0 Å². The molecule has 0 saturated carbocycles. The first kappa shape index (κ1) is 10.0. The smallest absolute Gasteiger partial charge is 0.110 e. The number of benzene rings is 1. The molecule has 70 valence electrons. The Labute approximate surface area is 99.9 Å². The maximum absolute atomic E-state index is 8.94. The van der Waals surface area contributed by atoms with E-state index in [4.69, 9.17) is 5.26 Å². The first-order chi connectivity index (χ1) is 6.76. The summed E-state index contributed by atoms with van der Waals surface area (Å²) < 4.78 is 1.13. The Morgan fingerprint density at radius 2 is 2.29 bits per heavy atom. The summed E-state index contributed by atoms with van der Waals surface area (Å²) in [6.45, 7) is 0. The van der Waals surface area contributed by atoms with Crippen LogP contribution in [0.5, 0.6) is 0 Å². The SMILES string of the molecule is N#Cc1sc2cc(S)ccc2c1CBr. The molecule has 1 aromatic heterocycles. The third kappa shape index (κ3) is 1.56. The maximum atomic E-state index is 8.94. The summed E-state index contributed by atoms with van der Waals surface area (Å²) in [5, 5.41) is 10.8. The molecule has 1 heterocycles. The van der Waals surface area contributed by atoms with Gasteiger partial charge < -0.3 is 0 Å². The minimum atomic E-state index is 0.724. The Bertz CT molecular complexity index is 525. The first-order valence-corrected chi connectivity index (χ1v) is 6.35. The van der Waals surface area contributed by atoms with Crippen molar-refractivity contribution in [1.29, 1.82) is 5.26 Å². The van der Waals surface area contributed by atoms with Crippen LogP contribution in [0, 0.1) is 11.3 Å². The van der Waals surface area contributed by atoms with E-state index in [2.05, 4.69) is 34.6 Å². The van der Waals surface area contributed by atoms with Crippen molar-refractivity contribution < 1.29 is 0 Å². The van der Waals surface area contributed by atoms with Crippen LogP contribution in [0.3, 0.4) is 0 Å². The van der Waals surface area contributed by atoms with Gasteiger partial charge in [-0.1, -0.05) is 22.0 Å². The fraction of sp³-hybridized carbons (Fsp3) is 0.100. The number of alkyl halides is 1. The first-order valence-electron chi connectivity index (χ1n) is 3.96. The molecule has 2 rings (SSSR count). The van der Waals surface area contributed by atoms with Crippen LogP contribution in [0.15, 0.2) is 23.1 Å². The van der Waals surface area contributed by atoms with E-state index in [0.29, 0.717) is 0 Å². The van der Waals surface area contributed by atoms with E-state index in [1.54, 1.807) is 0 Å². The lowest BCUT2D eigenvalue weighted by Gasteiger charge is -1.94. The monoisotopic (exact) mass is 283 g/mol. The highest BCUT2D eigenvalue weighted by atomic mass is 79.9. The minimum Gasteiger partial charge on any atom is -0.192 e. The summed E-state index contributed by atoms with van der Waals surface area (Å²) in [4.78, 5) is 1.72. The van der Waals surface area contributed by atoms with Crippen molar-refractivity contribution in [3.8, 4) is 6.07 Å². The molecule has 0 saturated heterocycles. The van der Waals surface area contributed by atoms with Gasteiger partial charge in [-0.15, -0.1) is 24.0 Å². The van der Waals surface area contributed by atoms with Crippen molar-refractivity contribution in [3.63, 3.8) is 0 Å². The predicted octanol–water partition coefficient (Wildman–Crippen LogP) is 3.96. The highest BCUT2D eigenvalue weighted by molar-refractivity contribution is 9.08. The fourth-order valence-corrected chi connectivity index (χ4v) is 3.48. The highest BCUT2D eigenvalue weighted by Crippen LogP contribution is 2.33. The summed E-state index contributed by atoms with van der Waals surface area (Å²) >= 11 is 9.20. The lowest BCUT2D eigenvalue weighted by atomic mass is 10.1. The normalized spacial score (nSPS) is 10.4. The van der Waals surface area contributed by atoms with E-state index in [-0.39, 0.29) is 0 Å². The Balaban J connectivity index is 2.81. The van der Waals surface area contributed by atoms with Crippen LogP contribution in [0.4, 0.5) is 0 Å². The molecule has 0 aliphatic heterocycles. The molecule has 4 heteroatoms. The maximum Gasteiger partial charge on any atom is 0.110 e. The Morgan fingerprint density at radius 1 is 1.50 bits per heavy atom. The van der Waals surface area contributed by atoms with Gasteiger partial charge in [0, 0.05) is 14.9 Å². The minimum absolute atomic E-state index is 0.724. The van der Waals surface area contributed by atoms with E-state index >= 15 is 0 Å². The Hall–Kier alpha value is -0.500. The highest BCUT2D eigenvalue weighted by Gasteiger charge is 2.10. The van der Waals surface area contributed by atoms with Crippen LogP contribution >= 0.6 is 39.9 Å². The number of fused-ring (bicyclic) bond motifs is 1. The zero-order valence-electron chi connectivity index (χ0n) is 7.12. The number of thiophene rings is 1. The number of hydrogen-bond acceptors (Lipinski definition) is 3. The van der Waals surface area contributed by atoms with Crippen LogP contribution in [-0.4, -0.2) is 0 Å². The number of nitrogens with zero attached hydrogens (tertiary/aromatic N) is 1. The van der Waals surface area contributed by atoms with E-state index in [1.807, 2.05) is 18.2 Å². The summed E-state index contributed by atoms with van der Waals surface area (Å²) in [6.07, 6.45) is 0. The van der Waals surface area contributed by atoms with Crippen molar-refractivity contribution >= 4 is 50.0 Å². The third-order valence-corrected chi connectivity index (χ3v) is 3.95. The lowest BCUT2D eigenvalue weighted by Crippen LogP contribution is -1.77. The molecule has 0 radical (unpaired) electrons. The summed E-state index contributed by atoms with van der Waals surface area (Å²) in [7, 11) is 0. The van der Waals surface area contributed by atoms with Crippen LogP contribution in [-0.2, 0) is 5.33 Å². The molecular formula is C10H6BrNS2. The molecule has 0 spiro atoms. The molecule has 0 atom stereocenters. The summed E-state index contributed by atoms with van der Waals surface area (Å²) in [5.41, 5.74) is 1.08. The molecular weight excluding hydrogens is 278 g/mol. The zero-order chi connectivity index (χ0) is 10.1. The van der Waals surface area contributed by atoms with Crippen molar-refractivity contribution in [3.05, 3.63) is 28.6 Å². The van der Waals surface area contributed by atoms with E-state index in [1.165, 1.54) is 11.3 Å². The van der Waals surface area contributed by atoms with Gasteiger partial charge in [-0.25, -0.2) is 0 Å². The van der Waals surface area contributed by atoms with Gasteiger partial charge in [0.15, 0.2) is 0 Å². The Kier molecular flexibility index (Phi) is 2.82. The van der Waals surface area contributed by atoms with Crippen molar-refractivity contribution in [2.24, 2.45) is 0 Å². The molecule has 0 bridgehead atoms. The van der Waals surface area contributed by atoms with Crippen LogP contribution < -0.4 is 0 Å². The van der Waals surface area contributed by atoms with Crippen LogP contribution in [0.1, 0.15) is 10.4 Å². The zero-order valence-corrected chi connectivity index (χ0v) is 10.4. The topological polar surface area (TPSA) is 23.8 Å². The largest absolute Gasteiger partial charge is 0.192 e. The van der Waals surface area contributed by atoms with E-state index < -0.39 is 0 Å². The summed E-state index contributed by atoms with van der Waals surface area (Å²) in [5.74, 6) is 0. The van der Waals surface area contributed by atoms with Gasteiger partial charge >= 0.3 is 0 Å². The molecule has 14 heavy (non-hydrogen) atoms. The molecule has 0 amide bonds. The quantitative estimate of drug-likeness (QED) is 0.622.